The normalized spacial score (nSPS) is 26.7. The lowest BCUT2D eigenvalue weighted by molar-refractivity contribution is -0.148. The fourth-order valence-electron chi connectivity index (χ4n) is 2.78. The van der Waals surface area contributed by atoms with Crippen molar-refractivity contribution in [1.29, 1.82) is 0 Å². The van der Waals surface area contributed by atoms with Gasteiger partial charge in [0.2, 0.25) is 0 Å². The van der Waals surface area contributed by atoms with Crippen LogP contribution in [0.3, 0.4) is 0 Å². The maximum atomic E-state index is 14.3. The van der Waals surface area contributed by atoms with Crippen molar-refractivity contribution < 1.29 is 14.3 Å². The molecule has 1 atom stereocenters. The Hall–Kier alpha value is -0.840. The van der Waals surface area contributed by atoms with Crippen LogP contribution in [0.4, 0.5) is 4.39 Å². The van der Waals surface area contributed by atoms with E-state index in [1.165, 1.54) is 5.06 Å². The molecule has 0 aliphatic carbocycles. The molecule has 1 aromatic carbocycles. The van der Waals surface area contributed by atoms with Crippen LogP contribution in [0.1, 0.15) is 31.0 Å². The standard InChI is InChI=1S/C13H15ClFNO2/c14-10-3-1-2-9-11(15)8-13(18-12(9)10)4-6-16(17)7-5-13/h1-3,11,17H,4-8H2. The summed E-state index contributed by atoms with van der Waals surface area (Å²) in [6, 6.07) is 5.18. The van der Waals surface area contributed by atoms with Crippen molar-refractivity contribution in [2.75, 3.05) is 13.1 Å². The lowest BCUT2D eigenvalue weighted by Crippen LogP contribution is -2.49. The Kier molecular flexibility index (Phi) is 2.96. The number of alkyl halides is 1. The van der Waals surface area contributed by atoms with Crippen molar-refractivity contribution in [3.8, 4) is 5.75 Å². The summed E-state index contributed by atoms with van der Waals surface area (Å²) in [5.74, 6) is 0.476. The largest absolute Gasteiger partial charge is 0.485 e. The summed E-state index contributed by atoms with van der Waals surface area (Å²) in [4.78, 5) is 0. The number of nitrogens with zero attached hydrogens (tertiary/aromatic N) is 1. The van der Waals surface area contributed by atoms with E-state index in [0.717, 1.165) is 0 Å². The van der Waals surface area contributed by atoms with Crippen molar-refractivity contribution in [2.45, 2.75) is 31.0 Å². The van der Waals surface area contributed by atoms with Gasteiger partial charge >= 0.3 is 0 Å². The number of halogens is 2. The van der Waals surface area contributed by atoms with E-state index < -0.39 is 11.8 Å². The third kappa shape index (κ3) is 1.98. The van der Waals surface area contributed by atoms with Crippen molar-refractivity contribution in [3.63, 3.8) is 0 Å². The molecule has 1 unspecified atom stereocenters. The molecule has 5 heteroatoms. The highest BCUT2D eigenvalue weighted by molar-refractivity contribution is 6.32. The molecule has 0 amide bonds. The fourth-order valence-corrected chi connectivity index (χ4v) is 3.00. The summed E-state index contributed by atoms with van der Waals surface area (Å²) in [5.41, 5.74) is 0.0240. The van der Waals surface area contributed by atoms with E-state index in [2.05, 4.69) is 0 Å². The average molecular weight is 272 g/mol. The third-order valence-electron chi connectivity index (χ3n) is 3.86. The van der Waals surface area contributed by atoms with Crippen LogP contribution in [0, 0.1) is 0 Å². The lowest BCUT2D eigenvalue weighted by atomic mass is 9.82. The molecule has 0 radical (unpaired) electrons. The van der Waals surface area contributed by atoms with E-state index in [1.54, 1.807) is 18.2 Å². The minimum Gasteiger partial charge on any atom is -0.485 e. The molecule has 0 aromatic heterocycles. The number of fused-ring (bicyclic) bond motifs is 1. The van der Waals surface area contributed by atoms with E-state index in [-0.39, 0.29) is 0 Å². The lowest BCUT2D eigenvalue weighted by Gasteiger charge is -2.44. The van der Waals surface area contributed by atoms with Crippen LogP contribution in [-0.2, 0) is 0 Å². The highest BCUT2D eigenvalue weighted by atomic mass is 35.5. The van der Waals surface area contributed by atoms with Gasteiger partial charge in [-0.1, -0.05) is 23.7 Å². The molecule has 1 spiro atoms. The Morgan fingerprint density at radius 1 is 1.39 bits per heavy atom. The fraction of sp³-hybridized carbons (Fsp3) is 0.538. The van der Waals surface area contributed by atoms with Gasteiger partial charge in [0, 0.05) is 37.9 Å². The second-order valence-electron chi connectivity index (χ2n) is 5.07. The molecule has 3 nitrogen and oxygen atoms in total. The van der Waals surface area contributed by atoms with Crippen LogP contribution in [-0.4, -0.2) is 29.0 Å². The van der Waals surface area contributed by atoms with Crippen molar-refractivity contribution in [3.05, 3.63) is 28.8 Å². The Labute approximate surface area is 110 Å². The average Bonchev–Trinajstić information content (AvgIpc) is 2.35. The molecular formula is C13H15ClFNO2. The van der Waals surface area contributed by atoms with Gasteiger partial charge in [0.25, 0.3) is 0 Å². The number of hydrogen-bond acceptors (Lipinski definition) is 3. The molecule has 98 valence electrons. The molecule has 2 heterocycles. The molecule has 0 bridgehead atoms. The second kappa shape index (κ2) is 4.37. The van der Waals surface area contributed by atoms with Gasteiger partial charge < -0.3 is 9.94 Å². The first-order valence-electron chi connectivity index (χ1n) is 6.15. The third-order valence-corrected chi connectivity index (χ3v) is 4.15. The summed E-state index contributed by atoms with van der Waals surface area (Å²) in [6.07, 6.45) is 0.537. The van der Waals surface area contributed by atoms with Crippen LogP contribution in [0.5, 0.6) is 5.75 Å². The highest BCUT2D eigenvalue weighted by Crippen LogP contribution is 2.48. The number of piperidine rings is 1. The minimum absolute atomic E-state index is 0.341. The molecule has 18 heavy (non-hydrogen) atoms. The summed E-state index contributed by atoms with van der Waals surface area (Å²) >= 11 is 6.09. The number of hydroxylamine groups is 2. The summed E-state index contributed by atoms with van der Waals surface area (Å²) in [6.45, 7) is 1.01. The predicted molar refractivity (Wildman–Crippen MR) is 65.9 cm³/mol. The number of rotatable bonds is 0. The monoisotopic (exact) mass is 271 g/mol. The summed E-state index contributed by atoms with van der Waals surface area (Å²) < 4.78 is 20.3. The molecule has 2 aliphatic rings. The van der Waals surface area contributed by atoms with Gasteiger partial charge in [-0.25, -0.2) is 4.39 Å². The molecule has 2 aliphatic heterocycles. The van der Waals surface area contributed by atoms with Gasteiger partial charge in [-0.05, 0) is 6.07 Å². The Morgan fingerprint density at radius 2 is 2.11 bits per heavy atom. The summed E-state index contributed by atoms with van der Waals surface area (Å²) in [5, 5.41) is 11.1. The quantitative estimate of drug-likeness (QED) is 0.785. The van der Waals surface area contributed by atoms with E-state index in [9.17, 15) is 9.60 Å². The van der Waals surface area contributed by atoms with Gasteiger partial charge in [0.15, 0.2) is 0 Å². The zero-order chi connectivity index (χ0) is 12.8. The first-order valence-corrected chi connectivity index (χ1v) is 6.53. The molecule has 0 saturated carbocycles. The SMILES string of the molecule is ON1CCC2(CC1)CC(F)c1cccc(Cl)c1O2. The van der Waals surface area contributed by atoms with E-state index in [4.69, 9.17) is 16.3 Å². The van der Waals surface area contributed by atoms with E-state index in [0.29, 0.717) is 48.7 Å². The van der Waals surface area contributed by atoms with Gasteiger partial charge in [-0.3, -0.25) is 0 Å². The number of benzene rings is 1. The van der Waals surface area contributed by atoms with Crippen LogP contribution in [0.25, 0.3) is 0 Å². The molecule has 1 N–H and O–H groups in total. The van der Waals surface area contributed by atoms with Crippen LogP contribution in [0.15, 0.2) is 18.2 Å². The number of hydrogen-bond donors (Lipinski definition) is 1. The van der Waals surface area contributed by atoms with Crippen LogP contribution in [0.2, 0.25) is 5.02 Å². The number of ether oxygens (including phenoxy) is 1. The van der Waals surface area contributed by atoms with Gasteiger partial charge in [0.1, 0.15) is 17.5 Å². The predicted octanol–water partition coefficient (Wildman–Crippen LogP) is 3.36. The smallest absolute Gasteiger partial charge is 0.144 e. The molecule has 3 rings (SSSR count). The zero-order valence-electron chi connectivity index (χ0n) is 9.90. The van der Waals surface area contributed by atoms with Gasteiger partial charge in [0.05, 0.1) is 5.02 Å². The van der Waals surface area contributed by atoms with Gasteiger partial charge in [-0.15, -0.1) is 0 Å². The van der Waals surface area contributed by atoms with Crippen LogP contribution >= 0.6 is 11.6 Å². The highest BCUT2D eigenvalue weighted by Gasteiger charge is 2.44. The maximum absolute atomic E-state index is 14.3. The first-order chi connectivity index (χ1) is 8.60. The number of para-hydroxylation sites is 1. The Balaban J connectivity index is 1.93. The molecule has 1 fully saturated rings. The van der Waals surface area contributed by atoms with Crippen LogP contribution < -0.4 is 4.74 Å². The second-order valence-corrected chi connectivity index (χ2v) is 5.48. The zero-order valence-corrected chi connectivity index (χ0v) is 10.7. The van der Waals surface area contributed by atoms with Crippen molar-refractivity contribution in [1.82, 2.24) is 5.06 Å². The topological polar surface area (TPSA) is 32.7 Å². The maximum Gasteiger partial charge on any atom is 0.144 e. The molecule has 1 saturated heterocycles. The van der Waals surface area contributed by atoms with Gasteiger partial charge in [-0.2, -0.15) is 5.06 Å². The Bertz CT molecular complexity index is 460. The van der Waals surface area contributed by atoms with E-state index in [1.807, 2.05) is 0 Å². The van der Waals surface area contributed by atoms with Crippen molar-refractivity contribution >= 4 is 11.6 Å². The Morgan fingerprint density at radius 3 is 2.83 bits per heavy atom. The summed E-state index contributed by atoms with van der Waals surface area (Å²) in [7, 11) is 0. The van der Waals surface area contributed by atoms with Crippen molar-refractivity contribution in [2.24, 2.45) is 0 Å². The first kappa shape index (κ1) is 12.2. The minimum atomic E-state index is -1.04. The van der Waals surface area contributed by atoms with E-state index >= 15 is 0 Å². The molecule has 1 aromatic rings. The molecular weight excluding hydrogens is 257 g/mol.